The Hall–Kier alpha value is -1.58. The van der Waals surface area contributed by atoms with Gasteiger partial charge < -0.3 is 10.5 Å². The van der Waals surface area contributed by atoms with E-state index in [4.69, 9.17) is 5.73 Å². The molecule has 0 amide bonds. The van der Waals surface area contributed by atoms with Crippen LogP contribution in [0.15, 0.2) is 12.1 Å². The van der Waals surface area contributed by atoms with Crippen molar-refractivity contribution in [2.45, 2.75) is 13.3 Å². The third-order valence-corrected chi connectivity index (χ3v) is 2.08. The number of ether oxygens (including phenoxy) is 1. The minimum atomic E-state index is -0.438. The second kappa shape index (κ2) is 4.09. The molecule has 1 aromatic rings. The maximum atomic E-state index is 12.9. The van der Waals surface area contributed by atoms with E-state index in [-0.39, 0.29) is 6.42 Å². The SMILES string of the molecule is COC(=O)Cc1cc(F)cc(N)c1C. The summed E-state index contributed by atoms with van der Waals surface area (Å²) in [5.74, 6) is -0.842. The molecule has 4 heteroatoms. The number of halogens is 1. The van der Waals surface area contributed by atoms with Gasteiger partial charge in [0.25, 0.3) is 0 Å². The van der Waals surface area contributed by atoms with Gasteiger partial charge in [-0.25, -0.2) is 4.39 Å². The molecule has 0 saturated carbocycles. The standard InChI is InChI=1S/C10H12FNO2/c1-6-7(4-10(13)14-2)3-8(11)5-9(6)12/h3,5H,4,12H2,1-2H3. The van der Waals surface area contributed by atoms with Crippen LogP contribution in [-0.4, -0.2) is 13.1 Å². The van der Waals surface area contributed by atoms with Gasteiger partial charge in [0, 0.05) is 5.69 Å². The number of benzene rings is 1. The van der Waals surface area contributed by atoms with Gasteiger partial charge in [0.2, 0.25) is 0 Å². The first-order valence-electron chi connectivity index (χ1n) is 4.16. The molecule has 0 aliphatic rings. The van der Waals surface area contributed by atoms with Crippen molar-refractivity contribution in [3.8, 4) is 0 Å². The van der Waals surface area contributed by atoms with Crippen LogP contribution in [0, 0.1) is 12.7 Å². The zero-order valence-corrected chi connectivity index (χ0v) is 8.13. The fourth-order valence-corrected chi connectivity index (χ4v) is 1.17. The molecule has 0 aliphatic heterocycles. The Bertz CT molecular complexity index is 363. The number of anilines is 1. The van der Waals surface area contributed by atoms with Crippen LogP contribution in [0.2, 0.25) is 0 Å². The lowest BCUT2D eigenvalue weighted by Gasteiger charge is -2.07. The van der Waals surface area contributed by atoms with Gasteiger partial charge in [-0.05, 0) is 30.2 Å². The van der Waals surface area contributed by atoms with E-state index in [1.807, 2.05) is 0 Å². The van der Waals surface area contributed by atoms with E-state index in [0.717, 1.165) is 5.56 Å². The maximum Gasteiger partial charge on any atom is 0.309 e. The lowest BCUT2D eigenvalue weighted by Crippen LogP contribution is -2.07. The fourth-order valence-electron chi connectivity index (χ4n) is 1.17. The highest BCUT2D eigenvalue weighted by molar-refractivity contribution is 5.73. The first-order chi connectivity index (χ1) is 6.54. The topological polar surface area (TPSA) is 52.3 Å². The molecule has 0 spiro atoms. The van der Waals surface area contributed by atoms with Crippen LogP contribution < -0.4 is 5.73 Å². The van der Waals surface area contributed by atoms with Gasteiger partial charge >= 0.3 is 5.97 Å². The van der Waals surface area contributed by atoms with Crippen LogP contribution in [-0.2, 0) is 16.0 Å². The molecule has 1 aromatic carbocycles. The van der Waals surface area contributed by atoms with Crippen molar-refractivity contribution in [2.75, 3.05) is 12.8 Å². The third kappa shape index (κ3) is 2.22. The molecule has 0 aromatic heterocycles. The second-order valence-electron chi connectivity index (χ2n) is 3.03. The summed E-state index contributed by atoms with van der Waals surface area (Å²) >= 11 is 0. The van der Waals surface area contributed by atoms with E-state index in [0.29, 0.717) is 11.3 Å². The lowest BCUT2D eigenvalue weighted by molar-refractivity contribution is -0.139. The number of nitrogens with two attached hydrogens (primary N) is 1. The van der Waals surface area contributed by atoms with Crippen LogP contribution in [0.4, 0.5) is 10.1 Å². The predicted molar refractivity (Wildman–Crippen MR) is 51.3 cm³/mol. The van der Waals surface area contributed by atoms with E-state index >= 15 is 0 Å². The van der Waals surface area contributed by atoms with E-state index in [1.165, 1.54) is 19.2 Å². The summed E-state index contributed by atoms with van der Waals surface area (Å²) < 4.78 is 17.4. The third-order valence-electron chi connectivity index (χ3n) is 2.08. The first kappa shape index (κ1) is 10.5. The molecule has 1 rings (SSSR count). The number of carbonyl (C=O) groups excluding carboxylic acids is 1. The number of nitrogen functional groups attached to an aromatic ring is 1. The average Bonchev–Trinajstić information content (AvgIpc) is 2.13. The lowest BCUT2D eigenvalue weighted by atomic mass is 10.0. The normalized spacial score (nSPS) is 9.93. The zero-order chi connectivity index (χ0) is 10.7. The van der Waals surface area contributed by atoms with E-state index in [1.54, 1.807) is 6.92 Å². The van der Waals surface area contributed by atoms with Crippen molar-refractivity contribution >= 4 is 11.7 Å². The van der Waals surface area contributed by atoms with Crippen molar-refractivity contribution in [3.05, 3.63) is 29.1 Å². The molecule has 0 bridgehead atoms. The van der Waals surface area contributed by atoms with Gasteiger partial charge in [0.05, 0.1) is 13.5 Å². The Balaban J connectivity index is 3.02. The monoisotopic (exact) mass is 197 g/mol. The van der Waals surface area contributed by atoms with Gasteiger partial charge in [-0.2, -0.15) is 0 Å². The molecule has 0 heterocycles. The van der Waals surface area contributed by atoms with E-state index in [2.05, 4.69) is 4.74 Å². The summed E-state index contributed by atoms with van der Waals surface area (Å²) in [6.45, 7) is 1.74. The van der Waals surface area contributed by atoms with Crippen molar-refractivity contribution in [1.82, 2.24) is 0 Å². The molecule has 14 heavy (non-hydrogen) atoms. The summed E-state index contributed by atoms with van der Waals surface area (Å²) in [5.41, 5.74) is 7.18. The zero-order valence-electron chi connectivity index (χ0n) is 8.13. The van der Waals surface area contributed by atoms with Crippen LogP contribution in [0.1, 0.15) is 11.1 Å². The van der Waals surface area contributed by atoms with E-state index < -0.39 is 11.8 Å². The number of hydrogen-bond acceptors (Lipinski definition) is 3. The number of methoxy groups -OCH3 is 1. The Labute approximate surface area is 81.7 Å². The fraction of sp³-hybridized carbons (Fsp3) is 0.300. The van der Waals surface area contributed by atoms with Gasteiger partial charge in [0.1, 0.15) is 5.82 Å². The molecular weight excluding hydrogens is 185 g/mol. The number of esters is 1. The van der Waals surface area contributed by atoms with Crippen molar-refractivity contribution < 1.29 is 13.9 Å². The molecular formula is C10H12FNO2. The number of rotatable bonds is 2. The molecule has 3 nitrogen and oxygen atoms in total. The van der Waals surface area contributed by atoms with Crippen molar-refractivity contribution in [3.63, 3.8) is 0 Å². The molecule has 0 unspecified atom stereocenters. The van der Waals surface area contributed by atoms with E-state index in [9.17, 15) is 9.18 Å². The largest absolute Gasteiger partial charge is 0.469 e. The summed E-state index contributed by atoms with van der Waals surface area (Å²) in [4.78, 5) is 11.0. The molecule has 0 radical (unpaired) electrons. The molecule has 76 valence electrons. The highest BCUT2D eigenvalue weighted by Crippen LogP contribution is 2.18. The van der Waals surface area contributed by atoms with Crippen LogP contribution >= 0.6 is 0 Å². The molecule has 0 fully saturated rings. The molecule has 0 aliphatic carbocycles. The summed E-state index contributed by atoms with van der Waals surface area (Å²) in [6, 6.07) is 2.53. The smallest absolute Gasteiger partial charge is 0.309 e. The van der Waals surface area contributed by atoms with Gasteiger partial charge in [-0.3, -0.25) is 4.79 Å². The minimum Gasteiger partial charge on any atom is -0.469 e. The van der Waals surface area contributed by atoms with Crippen molar-refractivity contribution in [2.24, 2.45) is 0 Å². The Kier molecular flexibility index (Phi) is 3.06. The summed E-state index contributed by atoms with van der Waals surface area (Å²) in [5, 5.41) is 0. The highest BCUT2D eigenvalue weighted by Gasteiger charge is 2.09. The van der Waals surface area contributed by atoms with Gasteiger partial charge in [0.15, 0.2) is 0 Å². The first-order valence-corrected chi connectivity index (χ1v) is 4.16. The number of carbonyl (C=O) groups is 1. The maximum absolute atomic E-state index is 12.9. The predicted octanol–water partition coefficient (Wildman–Crippen LogP) is 1.43. The van der Waals surface area contributed by atoms with Gasteiger partial charge in [-0.15, -0.1) is 0 Å². The number of hydrogen-bond donors (Lipinski definition) is 1. The van der Waals surface area contributed by atoms with Crippen molar-refractivity contribution in [1.29, 1.82) is 0 Å². The van der Waals surface area contributed by atoms with Crippen LogP contribution in [0.25, 0.3) is 0 Å². The molecule has 2 N–H and O–H groups in total. The Morgan fingerprint density at radius 3 is 2.79 bits per heavy atom. The Morgan fingerprint density at radius 2 is 2.21 bits per heavy atom. The molecule has 0 atom stereocenters. The Morgan fingerprint density at radius 1 is 1.57 bits per heavy atom. The minimum absolute atomic E-state index is 0.0459. The van der Waals surface area contributed by atoms with Gasteiger partial charge in [-0.1, -0.05) is 0 Å². The van der Waals surface area contributed by atoms with Crippen LogP contribution in [0.3, 0.4) is 0 Å². The average molecular weight is 197 g/mol. The molecule has 0 saturated heterocycles. The second-order valence-corrected chi connectivity index (χ2v) is 3.03. The quantitative estimate of drug-likeness (QED) is 0.576. The van der Waals surface area contributed by atoms with Crippen LogP contribution in [0.5, 0.6) is 0 Å². The highest BCUT2D eigenvalue weighted by atomic mass is 19.1. The summed E-state index contributed by atoms with van der Waals surface area (Å²) in [7, 11) is 1.29. The summed E-state index contributed by atoms with van der Waals surface area (Å²) in [6.07, 6.45) is 0.0459.